The average molecular weight is 413 g/mol. The second-order valence-electron chi connectivity index (χ2n) is 8.41. The minimum Gasteiger partial charge on any atom is -0.356 e. The van der Waals surface area contributed by atoms with Gasteiger partial charge < -0.3 is 9.42 Å². The molecule has 5 rings (SSSR count). The van der Waals surface area contributed by atoms with E-state index in [2.05, 4.69) is 16.2 Å². The highest BCUT2D eigenvalue weighted by Gasteiger charge is 2.32. The number of carbonyl (C=O) groups is 1. The quantitative estimate of drug-likeness (QED) is 0.636. The van der Waals surface area contributed by atoms with Crippen LogP contribution >= 0.6 is 0 Å². The average Bonchev–Trinajstić information content (AvgIpc) is 3.59. The first kappa shape index (κ1) is 19.4. The van der Waals surface area contributed by atoms with E-state index in [4.69, 9.17) is 14.8 Å². The number of nitriles is 1. The summed E-state index contributed by atoms with van der Waals surface area (Å²) in [5.41, 5.74) is 3.78. The number of hydrogen-bond donors (Lipinski definition) is 0. The smallest absolute Gasteiger partial charge is 0.253 e. The molecule has 0 bridgehead atoms. The van der Waals surface area contributed by atoms with Crippen molar-refractivity contribution in [3.63, 3.8) is 0 Å². The van der Waals surface area contributed by atoms with Crippen LogP contribution < -0.4 is 0 Å². The Morgan fingerprint density at radius 1 is 1.19 bits per heavy atom. The number of amides is 1. The van der Waals surface area contributed by atoms with Gasteiger partial charge in [-0.25, -0.2) is 9.97 Å². The van der Waals surface area contributed by atoms with Gasteiger partial charge in [-0.3, -0.25) is 4.79 Å². The summed E-state index contributed by atoms with van der Waals surface area (Å²) < 4.78 is 5.53. The molecule has 2 aromatic heterocycles. The molecule has 3 heterocycles. The van der Waals surface area contributed by atoms with Gasteiger partial charge in [0, 0.05) is 42.8 Å². The lowest BCUT2D eigenvalue weighted by Crippen LogP contribution is -2.39. The zero-order valence-corrected chi connectivity index (χ0v) is 17.4. The van der Waals surface area contributed by atoms with Gasteiger partial charge in [-0.05, 0) is 56.9 Å². The summed E-state index contributed by atoms with van der Waals surface area (Å²) in [6.45, 7) is 3.21. The van der Waals surface area contributed by atoms with Crippen molar-refractivity contribution in [1.82, 2.24) is 20.0 Å². The van der Waals surface area contributed by atoms with Gasteiger partial charge in [0.25, 0.3) is 5.91 Å². The zero-order valence-electron chi connectivity index (χ0n) is 17.4. The first-order valence-electron chi connectivity index (χ1n) is 10.7. The van der Waals surface area contributed by atoms with E-state index >= 15 is 0 Å². The van der Waals surface area contributed by atoms with Crippen LogP contribution in [0.4, 0.5) is 0 Å². The van der Waals surface area contributed by atoms with Crippen LogP contribution in [-0.4, -0.2) is 39.0 Å². The number of likely N-dealkylation sites (tertiary alicyclic amines) is 1. The fourth-order valence-electron chi connectivity index (χ4n) is 4.19. The Morgan fingerprint density at radius 2 is 2.00 bits per heavy atom. The maximum Gasteiger partial charge on any atom is 0.253 e. The standard InChI is InChI=1S/C24H23N5O2/c1-15-11-21(31-28-15)20-13-26-23(17-8-9-17)27-22(20)19-3-2-10-29(14-19)24(30)18-6-4-16(12-25)5-7-18/h4-7,11,13,17,19H,2-3,8-10,14H2,1H3. The topological polar surface area (TPSA) is 95.9 Å². The molecule has 0 radical (unpaired) electrons. The van der Waals surface area contributed by atoms with Crippen molar-refractivity contribution in [2.45, 2.75) is 44.4 Å². The molecule has 7 heteroatoms. The zero-order chi connectivity index (χ0) is 21.4. The van der Waals surface area contributed by atoms with Gasteiger partial charge in [-0.1, -0.05) is 5.16 Å². The summed E-state index contributed by atoms with van der Waals surface area (Å²) in [5, 5.41) is 13.0. The molecular weight excluding hydrogens is 390 g/mol. The third-order valence-corrected chi connectivity index (χ3v) is 6.03. The van der Waals surface area contributed by atoms with Gasteiger partial charge in [0.2, 0.25) is 0 Å². The Bertz CT molecular complexity index is 1160. The minimum absolute atomic E-state index is 0.0114. The van der Waals surface area contributed by atoms with E-state index in [0.29, 0.717) is 35.9 Å². The number of benzene rings is 1. The van der Waals surface area contributed by atoms with Crippen LogP contribution in [0, 0.1) is 18.3 Å². The van der Waals surface area contributed by atoms with Gasteiger partial charge >= 0.3 is 0 Å². The number of aryl methyl sites for hydroxylation is 1. The minimum atomic E-state index is -0.0114. The third-order valence-electron chi connectivity index (χ3n) is 6.03. The molecule has 156 valence electrons. The molecule has 2 fully saturated rings. The Balaban J connectivity index is 1.44. The Labute approximate surface area is 180 Å². The highest BCUT2D eigenvalue weighted by molar-refractivity contribution is 5.94. The van der Waals surface area contributed by atoms with E-state index in [1.807, 2.05) is 24.1 Å². The monoisotopic (exact) mass is 413 g/mol. The molecule has 1 aliphatic heterocycles. The molecular formula is C24H23N5O2. The molecule has 1 saturated heterocycles. The number of rotatable bonds is 4. The number of piperidine rings is 1. The molecule has 0 spiro atoms. The molecule has 0 N–H and O–H groups in total. The van der Waals surface area contributed by atoms with E-state index in [-0.39, 0.29) is 11.8 Å². The fraction of sp³-hybridized carbons (Fsp3) is 0.375. The van der Waals surface area contributed by atoms with Crippen LogP contribution in [0.25, 0.3) is 11.3 Å². The van der Waals surface area contributed by atoms with Crippen LogP contribution in [0.1, 0.15) is 70.7 Å². The Morgan fingerprint density at radius 3 is 2.68 bits per heavy atom. The van der Waals surface area contributed by atoms with E-state index in [1.54, 1.807) is 24.3 Å². The summed E-state index contributed by atoms with van der Waals surface area (Å²) in [7, 11) is 0. The van der Waals surface area contributed by atoms with E-state index in [9.17, 15) is 4.79 Å². The molecule has 2 aliphatic rings. The lowest BCUT2D eigenvalue weighted by atomic mass is 9.90. The second kappa shape index (κ2) is 7.95. The molecule has 1 aliphatic carbocycles. The predicted molar refractivity (Wildman–Crippen MR) is 113 cm³/mol. The molecule has 1 atom stereocenters. The molecule has 1 saturated carbocycles. The van der Waals surface area contributed by atoms with Gasteiger partial charge in [-0.2, -0.15) is 5.26 Å². The maximum atomic E-state index is 13.1. The molecule has 1 aromatic carbocycles. The van der Waals surface area contributed by atoms with Crippen LogP contribution in [0.2, 0.25) is 0 Å². The van der Waals surface area contributed by atoms with Crippen LogP contribution in [0.5, 0.6) is 0 Å². The first-order valence-corrected chi connectivity index (χ1v) is 10.7. The number of carbonyl (C=O) groups excluding carboxylic acids is 1. The van der Waals surface area contributed by atoms with Gasteiger partial charge in [0.05, 0.1) is 28.6 Å². The summed E-state index contributed by atoms with van der Waals surface area (Å²) in [5.74, 6) is 2.11. The molecule has 1 unspecified atom stereocenters. The number of nitrogens with zero attached hydrogens (tertiary/aromatic N) is 5. The van der Waals surface area contributed by atoms with Crippen LogP contribution in [0.15, 0.2) is 41.1 Å². The lowest BCUT2D eigenvalue weighted by Gasteiger charge is -2.33. The van der Waals surface area contributed by atoms with Crippen molar-refractivity contribution in [2.75, 3.05) is 13.1 Å². The van der Waals surface area contributed by atoms with Gasteiger partial charge in [0.1, 0.15) is 5.82 Å². The summed E-state index contributed by atoms with van der Waals surface area (Å²) in [6, 6.07) is 10.8. The summed E-state index contributed by atoms with van der Waals surface area (Å²) in [6.07, 6.45) is 5.99. The van der Waals surface area contributed by atoms with Crippen molar-refractivity contribution >= 4 is 5.91 Å². The SMILES string of the molecule is Cc1cc(-c2cnc(C3CC3)nc2C2CCCN(C(=O)c3ccc(C#N)cc3)C2)on1. The maximum absolute atomic E-state index is 13.1. The van der Waals surface area contributed by atoms with Crippen LogP contribution in [0.3, 0.4) is 0 Å². The highest BCUT2D eigenvalue weighted by atomic mass is 16.5. The summed E-state index contributed by atoms with van der Waals surface area (Å²) in [4.78, 5) is 24.5. The number of aromatic nitrogens is 3. The molecule has 1 amide bonds. The normalized spacial score (nSPS) is 18.6. The van der Waals surface area contributed by atoms with Crippen LogP contribution in [-0.2, 0) is 0 Å². The largest absolute Gasteiger partial charge is 0.356 e. The predicted octanol–water partition coefficient (Wildman–Crippen LogP) is 4.21. The van der Waals surface area contributed by atoms with E-state index in [0.717, 1.165) is 48.5 Å². The van der Waals surface area contributed by atoms with Crippen molar-refractivity contribution in [1.29, 1.82) is 5.26 Å². The van der Waals surface area contributed by atoms with Crippen molar-refractivity contribution in [3.8, 4) is 17.4 Å². The Hall–Kier alpha value is -3.53. The Kier molecular flexibility index (Phi) is 4.99. The van der Waals surface area contributed by atoms with E-state index in [1.165, 1.54) is 0 Å². The molecule has 7 nitrogen and oxygen atoms in total. The van der Waals surface area contributed by atoms with Crippen molar-refractivity contribution in [2.24, 2.45) is 0 Å². The second-order valence-corrected chi connectivity index (χ2v) is 8.41. The number of hydrogen-bond acceptors (Lipinski definition) is 6. The van der Waals surface area contributed by atoms with Crippen molar-refractivity contribution in [3.05, 3.63) is 64.9 Å². The van der Waals surface area contributed by atoms with Gasteiger partial charge in [0.15, 0.2) is 5.76 Å². The highest BCUT2D eigenvalue weighted by Crippen LogP contribution is 2.40. The summed E-state index contributed by atoms with van der Waals surface area (Å²) >= 11 is 0. The first-order chi connectivity index (χ1) is 15.1. The molecule has 3 aromatic rings. The lowest BCUT2D eigenvalue weighted by molar-refractivity contribution is 0.0706. The fourth-order valence-corrected chi connectivity index (χ4v) is 4.19. The van der Waals surface area contributed by atoms with Gasteiger partial charge in [-0.15, -0.1) is 0 Å². The third kappa shape index (κ3) is 3.93. The van der Waals surface area contributed by atoms with E-state index < -0.39 is 0 Å². The molecule has 31 heavy (non-hydrogen) atoms. The van der Waals surface area contributed by atoms with Crippen molar-refractivity contribution < 1.29 is 9.32 Å².